The maximum absolute atomic E-state index is 6.08. The topological polar surface area (TPSA) is 63.7 Å². The number of nitrogens with zero attached hydrogens (tertiary/aromatic N) is 3. The van der Waals surface area contributed by atoms with Crippen LogP contribution in [0.15, 0.2) is 48.5 Å². The summed E-state index contributed by atoms with van der Waals surface area (Å²) >= 11 is 6.08. The molecule has 3 aromatic rings. The lowest BCUT2D eigenvalue weighted by molar-refractivity contribution is 0.306. The maximum atomic E-state index is 6.08. The highest BCUT2D eigenvalue weighted by Gasteiger charge is 2.04. The second kappa shape index (κ2) is 5.71. The first-order chi connectivity index (χ1) is 9.83. The Morgan fingerprint density at radius 1 is 1.05 bits per heavy atom. The number of nitrogens with one attached hydrogen (secondary N) is 1. The summed E-state index contributed by atoms with van der Waals surface area (Å²) in [6.45, 7) is 0.432. The molecule has 6 heteroatoms. The van der Waals surface area contributed by atoms with Gasteiger partial charge in [0.1, 0.15) is 12.4 Å². The molecule has 0 fully saturated rings. The number of tetrazole rings is 1. The van der Waals surface area contributed by atoms with Gasteiger partial charge < -0.3 is 4.74 Å². The molecular formula is C14H11ClN4O. The largest absolute Gasteiger partial charge is 0.489 e. The average molecular weight is 287 g/mol. The predicted octanol–water partition coefficient (Wildman–Crippen LogP) is 3.10. The molecule has 5 nitrogen and oxygen atoms in total. The molecule has 3 rings (SSSR count). The maximum Gasteiger partial charge on any atom is 0.204 e. The summed E-state index contributed by atoms with van der Waals surface area (Å²) in [6, 6.07) is 15.1. The Balaban J connectivity index is 1.68. The van der Waals surface area contributed by atoms with E-state index in [4.69, 9.17) is 16.3 Å². The molecule has 1 N–H and O–H groups in total. The van der Waals surface area contributed by atoms with Gasteiger partial charge in [0.25, 0.3) is 0 Å². The van der Waals surface area contributed by atoms with Gasteiger partial charge in [0, 0.05) is 16.1 Å². The van der Waals surface area contributed by atoms with Crippen molar-refractivity contribution in [3.63, 3.8) is 0 Å². The van der Waals surface area contributed by atoms with Crippen LogP contribution in [-0.4, -0.2) is 20.6 Å². The quantitative estimate of drug-likeness (QED) is 0.800. The van der Waals surface area contributed by atoms with E-state index in [1.165, 1.54) is 0 Å². The minimum Gasteiger partial charge on any atom is -0.489 e. The molecule has 0 unspecified atom stereocenters. The highest BCUT2D eigenvalue weighted by atomic mass is 35.5. The fourth-order valence-electron chi connectivity index (χ4n) is 1.76. The molecule has 0 aliphatic carbocycles. The van der Waals surface area contributed by atoms with E-state index < -0.39 is 0 Å². The minimum atomic E-state index is 0.432. The number of rotatable bonds is 4. The van der Waals surface area contributed by atoms with Gasteiger partial charge in [-0.15, -0.1) is 10.2 Å². The van der Waals surface area contributed by atoms with Crippen molar-refractivity contribution in [1.82, 2.24) is 20.6 Å². The van der Waals surface area contributed by atoms with Crippen molar-refractivity contribution in [2.75, 3.05) is 0 Å². The molecule has 0 atom stereocenters. The van der Waals surface area contributed by atoms with Gasteiger partial charge in [-0.2, -0.15) is 5.21 Å². The molecule has 0 amide bonds. The molecule has 0 radical (unpaired) electrons. The van der Waals surface area contributed by atoms with Gasteiger partial charge in [0.2, 0.25) is 5.82 Å². The second-order valence-electron chi connectivity index (χ2n) is 4.14. The zero-order valence-electron chi connectivity index (χ0n) is 10.5. The van der Waals surface area contributed by atoms with E-state index in [1.54, 1.807) is 0 Å². The highest BCUT2D eigenvalue weighted by molar-refractivity contribution is 6.31. The third-order valence-electron chi connectivity index (χ3n) is 2.81. The summed E-state index contributed by atoms with van der Waals surface area (Å²) in [7, 11) is 0. The zero-order valence-corrected chi connectivity index (χ0v) is 11.2. The summed E-state index contributed by atoms with van der Waals surface area (Å²) in [5.41, 5.74) is 1.83. The molecule has 0 aliphatic rings. The van der Waals surface area contributed by atoms with Crippen LogP contribution < -0.4 is 4.74 Å². The number of halogens is 1. The number of benzene rings is 2. The molecule has 2 aromatic carbocycles. The number of hydrogen-bond acceptors (Lipinski definition) is 4. The summed E-state index contributed by atoms with van der Waals surface area (Å²) < 4.78 is 5.70. The Kier molecular flexibility index (Phi) is 3.60. The molecule has 100 valence electrons. The molecule has 1 aromatic heterocycles. The van der Waals surface area contributed by atoms with Crippen molar-refractivity contribution < 1.29 is 4.74 Å². The van der Waals surface area contributed by atoms with Crippen LogP contribution in [0.25, 0.3) is 11.4 Å². The van der Waals surface area contributed by atoms with Crippen LogP contribution >= 0.6 is 11.6 Å². The summed E-state index contributed by atoms with van der Waals surface area (Å²) in [4.78, 5) is 0. The van der Waals surface area contributed by atoms with Gasteiger partial charge in [0.15, 0.2) is 0 Å². The first-order valence-electron chi connectivity index (χ1n) is 6.03. The van der Waals surface area contributed by atoms with Crippen LogP contribution in [0, 0.1) is 0 Å². The Morgan fingerprint density at radius 2 is 1.85 bits per heavy atom. The van der Waals surface area contributed by atoms with Crippen LogP contribution in [0.5, 0.6) is 5.75 Å². The van der Waals surface area contributed by atoms with E-state index in [2.05, 4.69) is 20.6 Å². The molecule has 0 aliphatic heterocycles. The SMILES string of the molecule is Clc1ccccc1COc1ccc(-c2nn[nH]n2)cc1. The van der Waals surface area contributed by atoms with Crippen LogP contribution in [0.4, 0.5) is 0 Å². The fourth-order valence-corrected chi connectivity index (χ4v) is 1.95. The molecule has 0 bridgehead atoms. The zero-order chi connectivity index (χ0) is 13.8. The van der Waals surface area contributed by atoms with E-state index in [-0.39, 0.29) is 0 Å². The first kappa shape index (κ1) is 12.6. The smallest absolute Gasteiger partial charge is 0.204 e. The van der Waals surface area contributed by atoms with Crippen molar-refractivity contribution in [2.45, 2.75) is 6.61 Å². The van der Waals surface area contributed by atoms with E-state index in [9.17, 15) is 0 Å². The molecular weight excluding hydrogens is 276 g/mol. The fraction of sp³-hybridized carbons (Fsp3) is 0.0714. The Labute approximate surface area is 120 Å². The lowest BCUT2D eigenvalue weighted by Gasteiger charge is -2.07. The minimum absolute atomic E-state index is 0.432. The standard InChI is InChI=1S/C14H11ClN4O/c15-13-4-2-1-3-11(13)9-20-12-7-5-10(6-8-12)14-16-18-19-17-14/h1-8H,9H2,(H,16,17,18,19). The molecule has 0 spiro atoms. The molecule has 0 saturated heterocycles. The Hall–Kier alpha value is -2.40. The lowest BCUT2D eigenvalue weighted by atomic mass is 10.2. The van der Waals surface area contributed by atoms with Gasteiger partial charge in [-0.25, -0.2) is 0 Å². The number of ether oxygens (including phenoxy) is 1. The average Bonchev–Trinajstić information content (AvgIpc) is 3.01. The summed E-state index contributed by atoms with van der Waals surface area (Å²) in [6.07, 6.45) is 0. The monoisotopic (exact) mass is 286 g/mol. The highest BCUT2D eigenvalue weighted by Crippen LogP contribution is 2.21. The third kappa shape index (κ3) is 2.78. The first-order valence-corrected chi connectivity index (χ1v) is 6.41. The van der Waals surface area contributed by atoms with Gasteiger partial charge in [-0.1, -0.05) is 29.8 Å². The Morgan fingerprint density at radius 3 is 2.55 bits per heavy atom. The number of aromatic nitrogens is 4. The molecule has 0 saturated carbocycles. The molecule has 20 heavy (non-hydrogen) atoms. The van der Waals surface area contributed by atoms with Crippen molar-refractivity contribution >= 4 is 11.6 Å². The second-order valence-corrected chi connectivity index (χ2v) is 4.55. The summed E-state index contributed by atoms with van der Waals surface area (Å²) in [5.74, 6) is 1.32. The number of H-pyrrole nitrogens is 1. The van der Waals surface area contributed by atoms with Gasteiger partial charge >= 0.3 is 0 Å². The van der Waals surface area contributed by atoms with E-state index in [1.807, 2.05) is 48.5 Å². The van der Waals surface area contributed by atoms with Crippen molar-refractivity contribution in [1.29, 1.82) is 0 Å². The van der Waals surface area contributed by atoms with Crippen LogP contribution in [0.3, 0.4) is 0 Å². The van der Waals surface area contributed by atoms with E-state index in [0.29, 0.717) is 17.5 Å². The number of hydrogen-bond donors (Lipinski definition) is 1. The van der Waals surface area contributed by atoms with Crippen molar-refractivity contribution in [3.05, 3.63) is 59.1 Å². The predicted molar refractivity (Wildman–Crippen MR) is 75.4 cm³/mol. The van der Waals surface area contributed by atoms with E-state index in [0.717, 1.165) is 16.9 Å². The number of aromatic amines is 1. The van der Waals surface area contributed by atoms with Crippen LogP contribution in [0.2, 0.25) is 5.02 Å². The Bertz CT molecular complexity index is 683. The van der Waals surface area contributed by atoms with Crippen molar-refractivity contribution in [3.8, 4) is 17.1 Å². The van der Waals surface area contributed by atoms with Crippen LogP contribution in [0.1, 0.15) is 5.56 Å². The lowest BCUT2D eigenvalue weighted by Crippen LogP contribution is -1.96. The van der Waals surface area contributed by atoms with Crippen molar-refractivity contribution in [2.24, 2.45) is 0 Å². The van der Waals surface area contributed by atoms with Gasteiger partial charge in [0.05, 0.1) is 0 Å². The molecule has 1 heterocycles. The third-order valence-corrected chi connectivity index (χ3v) is 3.18. The normalized spacial score (nSPS) is 10.4. The summed E-state index contributed by atoms with van der Waals surface area (Å²) in [5, 5.41) is 14.5. The van der Waals surface area contributed by atoms with Gasteiger partial charge in [-0.05, 0) is 35.5 Å². The van der Waals surface area contributed by atoms with Crippen LogP contribution in [-0.2, 0) is 6.61 Å². The van der Waals surface area contributed by atoms with E-state index >= 15 is 0 Å². The van der Waals surface area contributed by atoms with Gasteiger partial charge in [-0.3, -0.25) is 0 Å².